The lowest BCUT2D eigenvalue weighted by molar-refractivity contribution is 0.555. The molecule has 0 fully saturated rings. The zero-order valence-corrected chi connectivity index (χ0v) is 16.2. The van der Waals surface area contributed by atoms with Crippen molar-refractivity contribution in [3.05, 3.63) is 66.1 Å². The van der Waals surface area contributed by atoms with Crippen LogP contribution in [-0.4, -0.2) is 29.5 Å². The minimum Gasteiger partial charge on any atom is -0.337 e. The van der Waals surface area contributed by atoms with Crippen LogP contribution < -0.4 is 5.73 Å². The molecule has 0 saturated carbocycles. The average molecular weight is 370 g/mol. The molecule has 3 aromatic rings. The van der Waals surface area contributed by atoms with Crippen molar-refractivity contribution in [2.45, 2.75) is 18.4 Å². The first-order valence-corrected chi connectivity index (χ1v) is 9.36. The fourth-order valence-corrected chi connectivity index (χ4v) is 3.97. The standard InChI is InChI=1S/C21H24FN3S/c1-15-21(16-7-5-4-6-8-16)19-13-18(26-24(2)3)9-10-20(19)25(15)14-17(22)11-12-23/h4-11,13H,12,14,23H2,1-3H3/b17-11-. The third-order valence-corrected chi connectivity index (χ3v) is 5.12. The fourth-order valence-electron chi connectivity index (χ4n) is 3.25. The van der Waals surface area contributed by atoms with Gasteiger partial charge in [0, 0.05) is 33.6 Å². The number of rotatable bonds is 6. The number of halogens is 1. The first kappa shape index (κ1) is 18.7. The number of benzene rings is 2. The van der Waals surface area contributed by atoms with Gasteiger partial charge in [0.25, 0.3) is 0 Å². The summed E-state index contributed by atoms with van der Waals surface area (Å²) in [6, 6.07) is 16.6. The predicted octanol–water partition coefficient (Wildman–Crippen LogP) is 5.00. The molecule has 1 heterocycles. The summed E-state index contributed by atoms with van der Waals surface area (Å²) < 4.78 is 18.3. The first-order valence-electron chi connectivity index (χ1n) is 8.59. The largest absolute Gasteiger partial charge is 0.337 e. The summed E-state index contributed by atoms with van der Waals surface area (Å²) in [5.41, 5.74) is 9.85. The van der Waals surface area contributed by atoms with Crippen molar-refractivity contribution >= 4 is 22.9 Å². The second-order valence-electron chi connectivity index (χ2n) is 6.38. The number of hydrogen-bond donors (Lipinski definition) is 1. The third-order valence-electron chi connectivity index (χ3n) is 4.29. The van der Waals surface area contributed by atoms with Gasteiger partial charge in [-0.05, 0) is 62.8 Å². The Labute approximate surface area is 158 Å². The summed E-state index contributed by atoms with van der Waals surface area (Å²) >= 11 is 1.68. The molecular weight excluding hydrogens is 345 g/mol. The molecule has 0 bridgehead atoms. The van der Waals surface area contributed by atoms with E-state index in [1.54, 1.807) is 11.9 Å². The van der Waals surface area contributed by atoms with Crippen LogP contribution in [0, 0.1) is 6.92 Å². The first-order chi connectivity index (χ1) is 12.5. The lowest BCUT2D eigenvalue weighted by Crippen LogP contribution is -2.03. The van der Waals surface area contributed by atoms with Gasteiger partial charge in [-0.1, -0.05) is 30.3 Å². The van der Waals surface area contributed by atoms with E-state index in [4.69, 9.17) is 5.73 Å². The third kappa shape index (κ3) is 3.85. The Morgan fingerprint density at radius 3 is 2.58 bits per heavy atom. The van der Waals surface area contributed by atoms with E-state index in [1.165, 1.54) is 6.08 Å². The Hall–Kier alpha value is -2.08. The van der Waals surface area contributed by atoms with Crippen LogP contribution in [0.15, 0.2) is 65.3 Å². The molecule has 0 aliphatic carbocycles. The van der Waals surface area contributed by atoms with E-state index >= 15 is 0 Å². The second kappa shape index (κ2) is 8.08. The molecule has 0 unspecified atom stereocenters. The van der Waals surface area contributed by atoms with E-state index in [-0.39, 0.29) is 18.9 Å². The zero-order chi connectivity index (χ0) is 18.7. The highest BCUT2D eigenvalue weighted by molar-refractivity contribution is 7.97. The lowest BCUT2D eigenvalue weighted by atomic mass is 10.0. The van der Waals surface area contributed by atoms with Gasteiger partial charge in [-0.3, -0.25) is 4.31 Å². The predicted molar refractivity (Wildman–Crippen MR) is 110 cm³/mol. The lowest BCUT2D eigenvalue weighted by Gasteiger charge is -2.09. The Bertz CT molecular complexity index is 929. The summed E-state index contributed by atoms with van der Waals surface area (Å²) in [7, 11) is 4.05. The molecule has 0 spiro atoms. The second-order valence-corrected chi connectivity index (χ2v) is 7.77. The van der Waals surface area contributed by atoms with Crippen LogP contribution >= 0.6 is 11.9 Å². The summed E-state index contributed by atoms with van der Waals surface area (Å²) in [4.78, 5) is 1.16. The maximum atomic E-state index is 14.2. The van der Waals surface area contributed by atoms with Gasteiger partial charge < -0.3 is 10.3 Å². The summed E-state index contributed by atoms with van der Waals surface area (Å²) in [6.45, 7) is 2.46. The van der Waals surface area contributed by atoms with Crippen molar-refractivity contribution in [3.8, 4) is 11.1 Å². The van der Waals surface area contributed by atoms with Crippen molar-refractivity contribution in [2.24, 2.45) is 5.73 Å². The van der Waals surface area contributed by atoms with E-state index in [2.05, 4.69) is 41.6 Å². The Morgan fingerprint density at radius 2 is 1.92 bits per heavy atom. The van der Waals surface area contributed by atoms with Crippen molar-refractivity contribution in [2.75, 3.05) is 20.6 Å². The van der Waals surface area contributed by atoms with Gasteiger partial charge in [0.1, 0.15) is 5.83 Å². The molecule has 0 radical (unpaired) electrons. The molecule has 3 rings (SSSR count). The van der Waals surface area contributed by atoms with Crippen LogP contribution in [0.25, 0.3) is 22.0 Å². The Morgan fingerprint density at radius 1 is 1.19 bits per heavy atom. The van der Waals surface area contributed by atoms with Gasteiger partial charge in [0.05, 0.1) is 6.54 Å². The number of allylic oxidation sites excluding steroid dienone is 1. The highest BCUT2D eigenvalue weighted by Crippen LogP contribution is 2.37. The maximum Gasteiger partial charge on any atom is 0.117 e. The molecule has 0 saturated heterocycles. The summed E-state index contributed by atoms with van der Waals surface area (Å²) in [5.74, 6) is -0.209. The fraction of sp³-hybridized carbons (Fsp3) is 0.238. The van der Waals surface area contributed by atoms with Crippen LogP contribution in [0.2, 0.25) is 0 Å². The highest BCUT2D eigenvalue weighted by Gasteiger charge is 2.17. The molecule has 0 amide bonds. The number of fused-ring (bicyclic) bond motifs is 1. The van der Waals surface area contributed by atoms with Gasteiger partial charge in [-0.25, -0.2) is 4.39 Å². The molecule has 136 valence electrons. The number of hydrogen-bond acceptors (Lipinski definition) is 3. The molecule has 2 aromatic carbocycles. The van der Waals surface area contributed by atoms with Crippen molar-refractivity contribution in [1.82, 2.24) is 8.87 Å². The van der Waals surface area contributed by atoms with Crippen molar-refractivity contribution in [1.29, 1.82) is 0 Å². The molecule has 0 aliphatic heterocycles. The Kier molecular flexibility index (Phi) is 5.81. The zero-order valence-electron chi connectivity index (χ0n) is 15.4. The van der Waals surface area contributed by atoms with Gasteiger partial charge in [0.15, 0.2) is 0 Å². The average Bonchev–Trinajstić information content (AvgIpc) is 2.87. The Balaban J connectivity index is 2.22. The molecule has 2 N–H and O–H groups in total. The minimum atomic E-state index is -0.209. The van der Waals surface area contributed by atoms with Gasteiger partial charge in [0.2, 0.25) is 0 Å². The summed E-state index contributed by atoms with van der Waals surface area (Å²) in [6.07, 6.45) is 1.43. The number of nitrogens with zero attached hydrogens (tertiary/aromatic N) is 2. The normalized spacial score (nSPS) is 12.3. The molecule has 0 atom stereocenters. The molecule has 1 aromatic heterocycles. The smallest absolute Gasteiger partial charge is 0.117 e. The SMILES string of the molecule is Cc1c(-c2ccccc2)c2cc(SN(C)C)ccc2n1C/C(F)=C/CN. The van der Waals surface area contributed by atoms with E-state index in [9.17, 15) is 4.39 Å². The van der Waals surface area contributed by atoms with Crippen LogP contribution in [0.1, 0.15) is 5.69 Å². The number of nitrogens with two attached hydrogens (primary N) is 1. The van der Waals surface area contributed by atoms with Crippen LogP contribution in [0.4, 0.5) is 4.39 Å². The van der Waals surface area contributed by atoms with Gasteiger partial charge >= 0.3 is 0 Å². The molecule has 0 aliphatic rings. The van der Waals surface area contributed by atoms with Crippen LogP contribution in [0.5, 0.6) is 0 Å². The van der Waals surface area contributed by atoms with Gasteiger partial charge in [-0.2, -0.15) is 0 Å². The number of aromatic nitrogens is 1. The van der Waals surface area contributed by atoms with E-state index in [0.717, 1.165) is 32.6 Å². The van der Waals surface area contributed by atoms with E-state index in [1.807, 2.05) is 36.9 Å². The van der Waals surface area contributed by atoms with Crippen molar-refractivity contribution in [3.63, 3.8) is 0 Å². The summed E-state index contributed by atoms with van der Waals surface area (Å²) in [5, 5.41) is 1.14. The molecule has 26 heavy (non-hydrogen) atoms. The molecule has 3 nitrogen and oxygen atoms in total. The quantitative estimate of drug-likeness (QED) is 0.621. The van der Waals surface area contributed by atoms with Crippen LogP contribution in [0.3, 0.4) is 0 Å². The topological polar surface area (TPSA) is 34.2 Å². The molecule has 5 heteroatoms. The minimum absolute atomic E-state index is 0.201. The van der Waals surface area contributed by atoms with E-state index < -0.39 is 0 Å². The maximum absolute atomic E-state index is 14.2. The monoisotopic (exact) mass is 369 g/mol. The highest BCUT2D eigenvalue weighted by atomic mass is 32.2. The van der Waals surface area contributed by atoms with Crippen molar-refractivity contribution < 1.29 is 4.39 Å². The molecular formula is C21H24FN3S. The van der Waals surface area contributed by atoms with Gasteiger partial charge in [-0.15, -0.1) is 0 Å². The van der Waals surface area contributed by atoms with E-state index in [0.29, 0.717) is 0 Å². The van der Waals surface area contributed by atoms with Crippen LogP contribution in [-0.2, 0) is 6.54 Å².